The van der Waals surface area contributed by atoms with Crippen LogP contribution in [0, 0.1) is 12.7 Å². The van der Waals surface area contributed by atoms with Gasteiger partial charge in [0, 0.05) is 5.69 Å². The summed E-state index contributed by atoms with van der Waals surface area (Å²) in [6, 6.07) is 15.2. The van der Waals surface area contributed by atoms with Crippen molar-refractivity contribution in [3.63, 3.8) is 0 Å². The Bertz CT molecular complexity index is 795. The van der Waals surface area contributed by atoms with E-state index in [0.29, 0.717) is 11.3 Å². The summed E-state index contributed by atoms with van der Waals surface area (Å²) in [5.41, 5.74) is 2.65. The topological polar surface area (TPSA) is 46.9 Å². The van der Waals surface area contributed by atoms with Gasteiger partial charge in [0.15, 0.2) is 0 Å². The maximum Gasteiger partial charge on any atom is 0.259 e. The Morgan fingerprint density at radius 2 is 1.77 bits per heavy atom. The van der Waals surface area contributed by atoms with Crippen molar-refractivity contribution >= 4 is 11.6 Å². The minimum atomic E-state index is -0.342. The summed E-state index contributed by atoms with van der Waals surface area (Å²) in [4.78, 5) is 12.3. The van der Waals surface area contributed by atoms with E-state index in [2.05, 4.69) is 10.4 Å². The molecule has 0 aliphatic rings. The van der Waals surface area contributed by atoms with Gasteiger partial charge in [0.25, 0.3) is 5.91 Å². The van der Waals surface area contributed by atoms with Gasteiger partial charge in [-0.2, -0.15) is 5.10 Å². The lowest BCUT2D eigenvalue weighted by Crippen LogP contribution is -2.13. The van der Waals surface area contributed by atoms with E-state index in [4.69, 9.17) is 0 Å². The predicted molar refractivity (Wildman–Crippen MR) is 82.7 cm³/mol. The Morgan fingerprint density at radius 3 is 2.45 bits per heavy atom. The van der Waals surface area contributed by atoms with Crippen LogP contribution in [0.5, 0.6) is 0 Å². The third kappa shape index (κ3) is 2.74. The van der Waals surface area contributed by atoms with E-state index in [-0.39, 0.29) is 11.7 Å². The van der Waals surface area contributed by atoms with Gasteiger partial charge < -0.3 is 5.32 Å². The summed E-state index contributed by atoms with van der Waals surface area (Å²) >= 11 is 0. The van der Waals surface area contributed by atoms with Crippen molar-refractivity contribution in [2.45, 2.75) is 6.92 Å². The molecule has 0 aliphatic carbocycles. The number of nitrogens with zero attached hydrogens (tertiary/aromatic N) is 2. The molecule has 0 unspecified atom stereocenters. The van der Waals surface area contributed by atoms with Crippen molar-refractivity contribution in [1.29, 1.82) is 0 Å². The molecule has 0 saturated heterocycles. The van der Waals surface area contributed by atoms with Crippen LogP contribution in [-0.2, 0) is 0 Å². The molecule has 0 bridgehead atoms. The zero-order chi connectivity index (χ0) is 15.5. The number of para-hydroxylation sites is 1. The molecule has 0 fully saturated rings. The van der Waals surface area contributed by atoms with Crippen molar-refractivity contribution in [3.05, 3.63) is 77.9 Å². The highest BCUT2D eigenvalue weighted by Gasteiger charge is 2.15. The second kappa shape index (κ2) is 5.81. The number of amides is 1. The van der Waals surface area contributed by atoms with Gasteiger partial charge >= 0.3 is 0 Å². The fourth-order valence-corrected chi connectivity index (χ4v) is 2.19. The highest BCUT2D eigenvalue weighted by molar-refractivity contribution is 6.04. The molecule has 0 aliphatic heterocycles. The smallest absolute Gasteiger partial charge is 0.259 e. The molecule has 5 heteroatoms. The highest BCUT2D eigenvalue weighted by atomic mass is 19.1. The second-order valence-electron chi connectivity index (χ2n) is 4.85. The van der Waals surface area contributed by atoms with Crippen molar-refractivity contribution in [2.24, 2.45) is 0 Å². The van der Waals surface area contributed by atoms with Crippen LogP contribution in [0.2, 0.25) is 0 Å². The SMILES string of the molecule is Cc1c(C(=O)Nc2ccc(F)cc2)cnn1-c1ccccc1. The quantitative estimate of drug-likeness (QED) is 0.803. The van der Waals surface area contributed by atoms with Crippen LogP contribution < -0.4 is 5.32 Å². The number of hydrogen-bond acceptors (Lipinski definition) is 2. The van der Waals surface area contributed by atoms with Gasteiger partial charge in [-0.15, -0.1) is 0 Å². The number of halogens is 1. The summed E-state index contributed by atoms with van der Waals surface area (Å²) in [6.07, 6.45) is 1.53. The normalized spacial score (nSPS) is 10.5. The first-order chi connectivity index (χ1) is 10.6. The van der Waals surface area contributed by atoms with Crippen LogP contribution in [0.15, 0.2) is 60.8 Å². The maximum absolute atomic E-state index is 12.9. The van der Waals surface area contributed by atoms with Gasteiger partial charge in [0.05, 0.1) is 23.1 Å². The molecule has 1 aromatic heterocycles. The number of rotatable bonds is 3. The van der Waals surface area contributed by atoms with Crippen LogP contribution in [0.25, 0.3) is 5.69 Å². The first-order valence-corrected chi connectivity index (χ1v) is 6.82. The Labute approximate surface area is 127 Å². The average molecular weight is 295 g/mol. The number of carbonyl (C=O) groups is 1. The van der Waals surface area contributed by atoms with Crippen LogP contribution >= 0.6 is 0 Å². The fraction of sp³-hybridized carbons (Fsp3) is 0.0588. The molecule has 3 rings (SSSR count). The standard InChI is InChI=1S/C17H14FN3O/c1-12-16(11-19-21(12)15-5-3-2-4-6-15)17(22)20-14-9-7-13(18)8-10-14/h2-11H,1H3,(H,20,22). The molecule has 1 heterocycles. The Kier molecular flexibility index (Phi) is 3.70. The predicted octanol–water partition coefficient (Wildman–Crippen LogP) is 3.57. The van der Waals surface area contributed by atoms with Gasteiger partial charge in [0.1, 0.15) is 5.82 Å². The molecule has 22 heavy (non-hydrogen) atoms. The van der Waals surface area contributed by atoms with E-state index in [1.54, 1.807) is 4.68 Å². The third-order valence-corrected chi connectivity index (χ3v) is 3.36. The number of hydrogen-bond donors (Lipinski definition) is 1. The second-order valence-corrected chi connectivity index (χ2v) is 4.85. The zero-order valence-electron chi connectivity index (χ0n) is 12.0. The average Bonchev–Trinajstić information content (AvgIpc) is 2.92. The molecule has 0 atom stereocenters. The van der Waals surface area contributed by atoms with Crippen molar-refractivity contribution in [1.82, 2.24) is 9.78 Å². The lowest BCUT2D eigenvalue weighted by atomic mass is 10.2. The van der Waals surface area contributed by atoms with Crippen molar-refractivity contribution in [2.75, 3.05) is 5.32 Å². The third-order valence-electron chi connectivity index (χ3n) is 3.36. The molecule has 1 amide bonds. The number of carbonyl (C=O) groups excluding carboxylic acids is 1. The number of anilines is 1. The van der Waals surface area contributed by atoms with E-state index >= 15 is 0 Å². The molecule has 3 aromatic rings. The lowest BCUT2D eigenvalue weighted by molar-refractivity contribution is 0.102. The zero-order valence-corrected chi connectivity index (χ0v) is 12.0. The molecule has 0 spiro atoms. The van der Waals surface area contributed by atoms with Crippen molar-refractivity contribution in [3.8, 4) is 5.69 Å². The molecular weight excluding hydrogens is 281 g/mol. The van der Waals surface area contributed by atoms with Gasteiger partial charge in [0.2, 0.25) is 0 Å². The molecular formula is C17H14FN3O. The van der Waals surface area contributed by atoms with Gasteiger partial charge in [-0.25, -0.2) is 9.07 Å². The first-order valence-electron chi connectivity index (χ1n) is 6.82. The molecule has 2 aromatic carbocycles. The minimum Gasteiger partial charge on any atom is -0.322 e. The van der Waals surface area contributed by atoms with Gasteiger partial charge in [-0.1, -0.05) is 18.2 Å². The minimum absolute atomic E-state index is 0.272. The van der Waals surface area contributed by atoms with E-state index < -0.39 is 0 Å². The molecule has 0 radical (unpaired) electrons. The first kappa shape index (κ1) is 14.0. The Balaban J connectivity index is 1.85. The van der Waals surface area contributed by atoms with Crippen LogP contribution in [0.3, 0.4) is 0 Å². The largest absolute Gasteiger partial charge is 0.322 e. The summed E-state index contributed by atoms with van der Waals surface area (Å²) in [5.74, 6) is -0.614. The lowest BCUT2D eigenvalue weighted by Gasteiger charge is -2.06. The Hall–Kier alpha value is -2.95. The fourth-order valence-electron chi connectivity index (χ4n) is 2.19. The summed E-state index contributed by atoms with van der Waals surface area (Å²) < 4.78 is 14.6. The maximum atomic E-state index is 12.9. The summed E-state index contributed by atoms with van der Waals surface area (Å²) in [5, 5.41) is 6.99. The van der Waals surface area contributed by atoms with Crippen LogP contribution in [-0.4, -0.2) is 15.7 Å². The highest BCUT2D eigenvalue weighted by Crippen LogP contribution is 2.16. The molecule has 0 saturated carbocycles. The number of nitrogens with one attached hydrogen (secondary N) is 1. The number of benzene rings is 2. The monoisotopic (exact) mass is 295 g/mol. The summed E-state index contributed by atoms with van der Waals surface area (Å²) in [6.45, 7) is 1.83. The van der Waals surface area contributed by atoms with E-state index in [9.17, 15) is 9.18 Å². The van der Waals surface area contributed by atoms with Gasteiger partial charge in [-0.05, 0) is 43.3 Å². The van der Waals surface area contributed by atoms with Crippen LogP contribution in [0.1, 0.15) is 16.1 Å². The molecule has 4 nitrogen and oxygen atoms in total. The number of aromatic nitrogens is 2. The molecule has 110 valence electrons. The van der Waals surface area contributed by atoms with E-state index in [1.165, 1.54) is 30.5 Å². The van der Waals surface area contributed by atoms with E-state index in [0.717, 1.165) is 11.4 Å². The molecule has 1 N–H and O–H groups in total. The van der Waals surface area contributed by atoms with Crippen molar-refractivity contribution < 1.29 is 9.18 Å². The Morgan fingerprint density at radius 1 is 1.09 bits per heavy atom. The summed E-state index contributed by atoms with van der Waals surface area (Å²) in [7, 11) is 0. The van der Waals surface area contributed by atoms with E-state index in [1.807, 2.05) is 37.3 Å². The van der Waals surface area contributed by atoms with Crippen LogP contribution in [0.4, 0.5) is 10.1 Å². The van der Waals surface area contributed by atoms with Gasteiger partial charge in [-0.3, -0.25) is 4.79 Å².